The van der Waals surface area contributed by atoms with Crippen LogP contribution in [0.4, 0.5) is 0 Å². The monoisotopic (exact) mass is 261 g/mol. The maximum absolute atomic E-state index is 9.09. The second-order valence-electron chi connectivity index (χ2n) is 4.97. The molecule has 3 aromatic rings. The predicted octanol–water partition coefficient (Wildman–Crippen LogP) is 3.84. The standard InChI is InChI=1S/C17H15N3/c1-12-10-15-16(11-13(12)2)20(9-8-18)17(19-15)14-6-4-3-5-7-14/h3-7,10-11H,9H2,1-2H3. The van der Waals surface area contributed by atoms with Crippen LogP contribution >= 0.6 is 0 Å². The van der Waals surface area contributed by atoms with Crippen molar-refractivity contribution in [2.45, 2.75) is 20.4 Å². The third-order valence-corrected chi connectivity index (χ3v) is 3.62. The number of benzene rings is 2. The van der Waals surface area contributed by atoms with Gasteiger partial charge in [0.15, 0.2) is 0 Å². The van der Waals surface area contributed by atoms with E-state index in [4.69, 9.17) is 10.2 Å². The Balaban J connectivity index is 2.32. The molecule has 0 bridgehead atoms. The van der Waals surface area contributed by atoms with E-state index < -0.39 is 0 Å². The minimum atomic E-state index is 0.309. The van der Waals surface area contributed by atoms with Crippen molar-refractivity contribution in [1.82, 2.24) is 9.55 Å². The van der Waals surface area contributed by atoms with Gasteiger partial charge in [0.1, 0.15) is 12.4 Å². The molecule has 0 saturated heterocycles. The van der Waals surface area contributed by atoms with E-state index >= 15 is 0 Å². The Kier molecular flexibility index (Phi) is 3.00. The molecule has 98 valence electrons. The van der Waals surface area contributed by atoms with Gasteiger partial charge in [-0.15, -0.1) is 0 Å². The van der Waals surface area contributed by atoms with Crippen molar-refractivity contribution in [3.8, 4) is 17.5 Å². The number of imidazole rings is 1. The fraction of sp³-hybridized carbons (Fsp3) is 0.176. The lowest BCUT2D eigenvalue weighted by Crippen LogP contribution is -1.98. The highest BCUT2D eigenvalue weighted by molar-refractivity contribution is 5.82. The van der Waals surface area contributed by atoms with Crippen molar-refractivity contribution in [3.05, 3.63) is 53.6 Å². The topological polar surface area (TPSA) is 41.6 Å². The molecule has 0 aliphatic carbocycles. The molecule has 0 atom stereocenters. The zero-order chi connectivity index (χ0) is 14.1. The molecule has 3 rings (SSSR count). The van der Waals surface area contributed by atoms with Crippen LogP contribution in [0.2, 0.25) is 0 Å². The molecule has 3 nitrogen and oxygen atoms in total. The minimum Gasteiger partial charge on any atom is -0.310 e. The van der Waals surface area contributed by atoms with Crippen LogP contribution in [-0.2, 0) is 6.54 Å². The molecule has 0 unspecified atom stereocenters. The average Bonchev–Trinajstić information content (AvgIpc) is 2.79. The highest BCUT2D eigenvalue weighted by atomic mass is 15.1. The van der Waals surface area contributed by atoms with Crippen LogP contribution in [-0.4, -0.2) is 9.55 Å². The minimum absolute atomic E-state index is 0.309. The molecule has 0 saturated carbocycles. The van der Waals surface area contributed by atoms with Crippen LogP contribution in [0.1, 0.15) is 11.1 Å². The zero-order valence-electron chi connectivity index (χ0n) is 11.6. The maximum atomic E-state index is 9.09. The summed E-state index contributed by atoms with van der Waals surface area (Å²) in [7, 11) is 0. The first-order chi connectivity index (χ1) is 9.70. The van der Waals surface area contributed by atoms with E-state index in [1.54, 1.807) is 0 Å². The van der Waals surface area contributed by atoms with Crippen LogP contribution in [0.15, 0.2) is 42.5 Å². The summed E-state index contributed by atoms with van der Waals surface area (Å²) in [6.07, 6.45) is 0. The number of nitrogens with zero attached hydrogens (tertiary/aromatic N) is 3. The van der Waals surface area contributed by atoms with Crippen LogP contribution < -0.4 is 0 Å². The van der Waals surface area contributed by atoms with E-state index in [1.165, 1.54) is 11.1 Å². The lowest BCUT2D eigenvalue weighted by atomic mass is 10.1. The van der Waals surface area contributed by atoms with Crippen LogP contribution in [0.25, 0.3) is 22.4 Å². The second-order valence-corrected chi connectivity index (χ2v) is 4.97. The number of rotatable bonds is 2. The largest absolute Gasteiger partial charge is 0.310 e. The summed E-state index contributed by atoms with van der Waals surface area (Å²) >= 11 is 0. The molecule has 3 heteroatoms. The Morgan fingerprint density at radius 1 is 1.10 bits per heavy atom. The van der Waals surface area contributed by atoms with Gasteiger partial charge in [-0.3, -0.25) is 0 Å². The summed E-state index contributed by atoms with van der Waals surface area (Å²) in [4.78, 5) is 4.72. The van der Waals surface area contributed by atoms with Gasteiger partial charge in [-0.2, -0.15) is 5.26 Å². The normalized spacial score (nSPS) is 10.7. The molecule has 0 radical (unpaired) electrons. The van der Waals surface area contributed by atoms with Gasteiger partial charge >= 0.3 is 0 Å². The molecule has 2 aromatic carbocycles. The van der Waals surface area contributed by atoms with Gasteiger partial charge < -0.3 is 4.57 Å². The molecule has 20 heavy (non-hydrogen) atoms. The second kappa shape index (κ2) is 4.82. The summed E-state index contributed by atoms with van der Waals surface area (Å²) < 4.78 is 1.98. The van der Waals surface area contributed by atoms with Crippen molar-refractivity contribution in [2.75, 3.05) is 0 Å². The first-order valence-electron chi connectivity index (χ1n) is 6.60. The number of aromatic nitrogens is 2. The van der Waals surface area contributed by atoms with Crippen molar-refractivity contribution < 1.29 is 0 Å². The molecule has 0 aliphatic rings. The predicted molar refractivity (Wildman–Crippen MR) is 80.3 cm³/mol. The summed E-state index contributed by atoms with van der Waals surface area (Å²) in [5, 5.41) is 9.09. The lowest BCUT2D eigenvalue weighted by molar-refractivity contribution is 0.870. The fourth-order valence-corrected chi connectivity index (χ4v) is 2.42. The Morgan fingerprint density at radius 3 is 2.50 bits per heavy atom. The molecule has 0 N–H and O–H groups in total. The van der Waals surface area contributed by atoms with Crippen LogP contribution in [0.5, 0.6) is 0 Å². The molecule has 0 amide bonds. The van der Waals surface area contributed by atoms with Crippen molar-refractivity contribution in [1.29, 1.82) is 5.26 Å². The Morgan fingerprint density at radius 2 is 1.80 bits per heavy atom. The molecular weight excluding hydrogens is 246 g/mol. The van der Waals surface area contributed by atoms with E-state index in [1.807, 2.05) is 34.9 Å². The van der Waals surface area contributed by atoms with Crippen molar-refractivity contribution in [3.63, 3.8) is 0 Å². The summed E-state index contributed by atoms with van der Waals surface area (Å²) in [5.74, 6) is 0.854. The maximum Gasteiger partial charge on any atom is 0.142 e. The van der Waals surface area contributed by atoms with Gasteiger partial charge in [-0.25, -0.2) is 4.98 Å². The number of fused-ring (bicyclic) bond motifs is 1. The van der Waals surface area contributed by atoms with E-state index in [-0.39, 0.29) is 0 Å². The smallest absolute Gasteiger partial charge is 0.142 e. The first kappa shape index (κ1) is 12.4. The number of hydrogen-bond donors (Lipinski definition) is 0. The van der Waals surface area contributed by atoms with E-state index in [0.717, 1.165) is 22.4 Å². The summed E-state index contributed by atoms with van der Waals surface area (Å²) in [6, 6.07) is 16.4. The molecule has 1 heterocycles. The number of hydrogen-bond acceptors (Lipinski definition) is 2. The zero-order valence-corrected chi connectivity index (χ0v) is 11.6. The molecule has 0 aliphatic heterocycles. The third-order valence-electron chi connectivity index (χ3n) is 3.62. The Labute approximate surface area is 118 Å². The summed E-state index contributed by atoms with van der Waals surface area (Å²) in [5.41, 5.74) is 5.44. The van der Waals surface area contributed by atoms with Gasteiger partial charge in [-0.1, -0.05) is 30.3 Å². The quantitative estimate of drug-likeness (QED) is 0.703. The SMILES string of the molecule is Cc1cc2nc(-c3ccccc3)n(CC#N)c2cc1C. The molecule has 0 spiro atoms. The van der Waals surface area contributed by atoms with Gasteiger partial charge in [-0.05, 0) is 37.1 Å². The lowest BCUT2D eigenvalue weighted by Gasteiger charge is -2.05. The van der Waals surface area contributed by atoms with Crippen molar-refractivity contribution in [2.24, 2.45) is 0 Å². The van der Waals surface area contributed by atoms with Gasteiger partial charge in [0, 0.05) is 5.56 Å². The van der Waals surface area contributed by atoms with Gasteiger partial charge in [0.05, 0.1) is 17.1 Å². The Bertz CT molecular complexity index is 808. The Hall–Kier alpha value is -2.60. The van der Waals surface area contributed by atoms with E-state index in [0.29, 0.717) is 6.54 Å². The molecule has 0 fully saturated rings. The number of nitriles is 1. The van der Waals surface area contributed by atoms with E-state index in [9.17, 15) is 0 Å². The number of aryl methyl sites for hydroxylation is 2. The highest BCUT2D eigenvalue weighted by Crippen LogP contribution is 2.26. The molecular formula is C17H15N3. The van der Waals surface area contributed by atoms with Crippen molar-refractivity contribution >= 4 is 11.0 Å². The first-order valence-corrected chi connectivity index (χ1v) is 6.60. The van der Waals surface area contributed by atoms with Crippen LogP contribution in [0.3, 0.4) is 0 Å². The fourth-order valence-electron chi connectivity index (χ4n) is 2.42. The van der Waals surface area contributed by atoms with Gasteiger partial charge in [0.25, 0.3) is 0 Å². The average molecular weight is 261 g/mol. The van der Waals surface area contributed by atoms with E-state index in [2.05, 4.69) is 32.0 Å². The third kappa shape index (κ3) is 1.96. The molecule has 1 aromatic heterocycles. The van der Waals surface area contributed by atoms with Gasteiger partial charge in [0.2, 0.25) is 0 Å². The summed E-state index contributed by atoms with van der Waals surface area (Å²) in [6.45, 7) is 4.48. The highest BCUT2D eigenvalue weighted by Gasteiger charge is 2.13. The van der Waals surface area contributed by atoms with Crippen LogP contribution in [0, 0.1) is 25.2 Å².